The molecule has 2 unspecified atom stereocenters. The highest BCUT2D eigenvalue weighted by molar-refractivity contribution is 14.0. The number of nitrogens with zero attached hydrogens (tertiary/aromatic N) is 5. The van der Waals surface area contributed by atoms with E-state index in [1.165, 1.54) is 25.8 Å². The van der Waals surface area contributed by atoms with E-state index in [1.54, 1.807) is 0 Å². The molecule has 28 heavy (non-hydrogen) atoms. The summed E-state index contributed by atoms with van der Waals surface area (Å²) in [5.74, 6) is 1.02. The third-order valence-corrected chi connectivity index (χ3v) is 5.60. The van der Waals surface area contributed by atoms with Crippen molar-refractivity contribution in [3.05, 3.63) is 18.0 Å². The summed E-state index contributed by atoms with van der Waals surface area (Å²) >= 11 is 0. The first-order valence-electron chi connectivity index (χ1n) is 10.5. The van der Waals surface area contributed by atoms with Crippen LogP contribution in [0.5, 0.6) is 0 Å². The summed E-state index contributed by atoms with van der Waals surface area (Å²) in [5, 5.41) is 7.74. The second-order valence-electron chi connectivity index (χ2n) is 7.72. The summed E-state index contributed by atoms with van der Waals surface area (Å²) < 4.78 is 7.80. The normalized spacial score (nSPS) is 24.1. The van der Waals surface area contributed by atoms with Gasteiger partial charge in [0.25, 0.3) is 0 Å². The Morgan fingerprint density at radius 3 is 2.93 bits per heavy atom. The Labute approximate surface area is 186 Å². The highest BCUT2D eigenvalue weighted by atomic mass is 127. The average Bonchev–Trinajstić information content (AvgIpc) is 3.12. The Kier molecular flexibility index (Phi) is 10.0. The van der Waals surface area contributed by atoms with E-state index in [2.05, 4.69) is 34.1 Å². The lowest BCUT2D eigenvalue weighted by atomic mass is 10.0. The number of rotatable bonds is 6. The maximum atomic E-state index is 5.97. The highest BCUT2D eigenvalue weighted by Crippen LogP contribution is 2.21. The van der Waals surface area contributed by atoms with Crippen LogP contribution in [0.15, 0.2) is 17.4 Å². The van der Waals surface area contributed by atoms with Crippen molar-refractivity contribution < 1.29 is 4.74 Å². The lowest BCUT2D eigenvalue weighted by Crippen LogP contribution is -2.48. The largest absolute Gasteiger partial charge is 0.370 e. The van der Waals surface area contributed by atoms with Gasteiger partial charge in [-0.3, -0.25) is 9.67 Å². The molecule has 160 valence electrons. The summed E-state index contributed by atoms with van der Waals surface area (Å²) in [4.78, 5) is 9.86. The number of hydrogen-bond donors (Lipinski definition) is 1. The zero-order valence-electron chi connectivity index (χ0n) is 17.6. The average molecular weight is 504 g/mol. The van der Waals surface area contributed by atoms with Gasteiger partial charge in [0.2, 0.25) is 0 Å². The second-order valence-corrected chi connectivity index (χ2v) is 7.72. The van der Waals surface area contributed by atoms with Crippen LogP contribution >= 0.6 is 24.0 Å². The Hall–Kier alpha value is -0.870. The van der Waals surface area contributed by atoms with Gasteiger partial charge in [-0.1, -0.05) is 6.42 Å². The molecule has 0 radical (unpaired) electrons. The van der Waals surface area contributed by atoms with Gasteiger partial charge in [0.05, 0.1) is 19.3 Å². The van der Waals surface area contributed by atoms with Gasteiger partial charge in [-0.05, 0) is 39.7 Å². The van der Waals surface area contributed by atoms with E-state index in [4.69, 9.17) is 9.73 Å². The molecule has 0 aromatic carbocycles. The van der Waals surface area contributed by atoms with Crippen molar-refractivity contribution in [1.82, 2.24) is 24.9 Å². The van der Waals surface area contributed by atoms with Crippen molar-refractivity contribution in [3.8, 4) is 0 Å². The predicted molar refractivity (Wildman–Crippen MR) is 124 cm³/mol. The third kappa shape index (κ3) is 6.59. The van der Waals surface area contributed by atoms with Crippen LogP contribution in [-0.4, -0.2) is 77.5 Å². The molecule has 1 N–H and O–H groups in total. The molecule has 0 amide bonds. The van der Waals surface area contributed by atoms with Gasteiger partial charge in [-0.15, -0.1) is 24.0 Å². The zero-order chi connectivity index (χ0) is 19.1. The topological polar surface area (TPSA) is 57.9 Å². The maximum absolute atomic E-state index is 5.97. The van der Waals surface area contributed by atoms with E-state index >= 15 is 0 Å². The number of piperidine rings is 1. The van der Waals surface area contributed by atoms with Gasteiger partial charge < -0.3 is 19.9 Å². The van der Waals surface area contributed by atoms with Gasteiger partial charge in [0.1, 0.15) is 6.10 Å². The van der Waals surface area contributed by atoms with Crippen LogP contribution in [0.1, 0.15) is 51.2 Å². The van der Waals surface area contributed by atoms with E-state index in [1.807, 2.05) is 24.1 Å². The molecular formula is C20H37IN6O. The van der Waals surface area contributed by atoms with Crippen LogP contribution in [0.2, 0.25) is 0 Å². The number of aliphatic imine (C=N–C) groups is 1. The summed E-state index contributed by atoms with van der Waals surface area (Å²) in [5.41, 5.74) is 1.14. The first-order chi connectivity index (χ1) is 13.2. The molecule has 2 fully saturated rings. The number of ether oxygens (including phenoxy) is 1. The number of aryl methyl sites for hydroxylation is 1. The molecule has 7 nitrogen and oxygen atoms in total. The minimum Gasteiger partial charge on any atom is -0.370 e. The van der Waals surface area contributed by atoms with Crippen molar-refractivity contribution in [3.63, 3.8) is 0 Å². The molecule has 0 saturated carbocycles. The van der Waals surface area contributed by atoms with Crippen LogP contribution < -0.4 is 5.32 Å². The number of morpholine rings is 1. The minimum absolute atomic E-state index is 0. The molecule has 2 saturated heterocycles. The van der Waals surface area contributed by atoms with Crippen LogP contribution in [0.4, 0.5) is 0 Å². The van der Waals surface area contributed by atoms with E-state index < -0.39 is 0 Å². The lowest BCUT2D eigenvalue weighted by Gasteiger charge is -2.35. The molecule has 3 rings (SSSR count). The number of nitrogens with one attached hydrogen (secondary N) is 1. The van der Waals surface area contributed by atoms with Gasteiger partial charge in [-0.2, -0.15) is 5.10 Å². The second kappa shape index (κ2) is 12.0. The van der Waals surface area contributed by atoms with Crippen molar-refractivity contribution in [2.75, 3.05) is 45.9 Å². The monoisotopic (exact) mass is 504 g/mol. The molecule has 3 heterocycles. The summed E-state index contributed by atoms with van der Waals surface area (Å²) in [6, 6.07) is 0.732. The molecule has 1 aromatic heterocycles. The molecule has 0 bridgehead atoms. The van der Waals surface area contributed by atoms with E-state index in [0.29, 0.717) is 0 Å². The molecule has 8 heteroatoms. The van der Waals surface area contributed by atoms with Crippen molar-refractivity contribution in [1.29, 1.82) is 0 Å². The Morgan fingerprint density at radius 2 is 2.21 bits per heavy atom. The van der Waals surface area contributed by atoms with Crippen molar-refractivity contribution in [2.24, 2.45) is 12.0 Å². The van der Waals surface area contributed by atoms with Crippen LogP contribution in [0.25, 0.3) is 0 Å². The van der Waals surface area contributed by atoms with Crippen molar-refractivity contribution in [2.45, 2.75) is 51.7 Å². The maximum Gasteiger partial charge on any atom is 0.194 e. The van der Waals surface area contributed by atoms with E-state index in [-0.39, 0.29) is 30.1 Å². The SMILES string of the molecule is CCNC(=NCCCN1CCCCC1C)N1CCOC(c2cnn(C)c2)C1.I. The zero-order valence-corrected chi connectivity index (χ0v) is 20.0. The molecule has 0 aliphatic carbocycles. The Morgan fingerprint density at radius 1 is 1.36 bits per heavy atom. The summed E-state index contributed by atoms with van der Waals surface area (Å²) in [6.45, 7) is 11.1. The Bertz CT molecular complexity index is 607. The van der Waals surface area contributed by atoms with Crippen molar-refractivity contribution >= 4 is 29.9 Å². The molecule has 0 spiro atoms. The highest BCUT2D eigenvalue weighted by Gasteiger charge is 2.25. The number of halogens is 1. The molecule has 2 aliphatic heterocycles. The van der Waals surface area contributed by atoms with Gasteiger partial charge in [0.15, 0.2) is 5.96 Å². The Balaban J connectivity index is 0.00000280. The lowest BCUT2D eigenvalue weighted by molar-refractivity contribution is -0.00804. The van der Waals surface area contributed by atoms with Crippen LogP contribution in [-0.2, 0) is 11.8 Å². The first-order valence-corrected chi connectivity index (χ1v) is 10.5. The fourth-order valence-electron chi connectivity index (χ4n) is 4.02. The van der Waals surface area contributed by atoms with Gasteiger partial charge >= 0.3 is 0 Å². The third-order valence-electron chi connectivity index (χ3n) is 5.60. The molecule has 1 aromatic rings. The fourth-order valence-corrected chi connectivity index (χ4v) is 4.02. The van der Waals surface area contributed by atoms with E-state index in [0.717, 1.165) is 63.3 Å². The minimum atomic E-state index is 0. The van der Waals surface area contributed by atoms with Gasteiger partial charge in [-0.25, -0.2) is 0 Å². The predicted octanol–water partition coefficient (Wildman–Crippen LogP) is 2.64. The van der Waals surface area contributed by atoms with Gasteiger partial charge in [0, 0.05) is 51.0 Å². The summed E-state index contributed by atoms with van der Waals surface area (Å²) in [7, 11) is 1.94. The number of hydrogen-bond acceptors (Lipinski definition) is 4. The number of aromatic nitrogens is 2. The molecule has 2 aliphatic rings. The quantitative estimate of drug-likeness (QED) is 0.280. The number of likely N-dealkylation sites (tertiary alicyclic amines) is 1. The summed E-state index contributed by atoms with van der Waals surface area (Å²) in [6.07, 6.45) is 9.20. The smallest absolute Gasteiger partial charge is 0.194 e. The standard InChI is InChI=1S/C20H36N6O.HI/c1-4-21-20(22-9-7-11-25-10-6-5-8-17(25)2)26-12-13-27-19(16-26)18-14-23-24(3)15-18;/h14-15,17,19H,4-13,16H2,1-3H3,(H,21,22);1H. The number of guanidine groups is 1. The van der Waals surface area contributed by atoms with Crippen LogP contribution in [0.3, 0.4) is 0 Å². The first kappa shape index (κ1) is 23.4. The van der Waals surface area contributed by atoms with Crippen LogP contribution in [0, 0.1) is 0 Å². The molecular weight excluding hydrogens is 467 g/mol. The fraction of sp³-hybridized carbons (Fsp3) is 0.800. The molecule has 2 atom stereocenters. The van der Waals surface area contributed by atoms with E-state index in [9.17, 15) is 0 Å².